The predicted octanol–water partition coefficient (Wildman–Crippen LogP) is 2.95. The SMILES string of the molecule is CCCOc1ccc(/C=C2/C(=O)NN(c3ccccn3)C2=O)c(C)c1C. The van der Waals surface area contributed by atoms with Gasteiger partial charge in [0.25, 0.3) is 11.8 Å². The maximum atomic E-state index is 12.6. The van der Waals surface area contributed by atoms with Crippen molar-refractivity contribution >= 4 is 23.7 Å². The summed E-state index contributed by atoms with van der Waals surface area (Å²) in [5, 5.41) is 1.16. The maximum Gasteiger partial charge on any atom is 0.284 e. The number of hydrogen-bond donors (Lipinski definition) is 1. The molecule has 0 saturated carbocycles. The molecule has 6 heteroatoms. The van der Waals surface area contributed by atoms with Crippen molar-refractivity contribution in [1.82, 2.24) is 10.4 Å². The Bertz CT molecular complexity index is 875. The summed E-state index contributed by atoms with van der Waals surface area (Å²) in [4.78, 5) is 29.0. The summed E-state index contributed by atoms with van der Waals surface area (Å²) >= 11 is 0. The third kappa shape index (κ3) is 3.31. The molecule has 0 radical (unpaired) electrons. The van der Waals surface area contributed by atoms with Crippen LogP contribution in [-0.2, 0) is 9.59 Å². The van der Waals surface area contributed by atoms with Gasteiger partial charge in [0.15, 0.2) is 5.82 Å². The minimum absolute atomic E-state index is 0.0837. The molecule has 2 amide bonds. The summed E-state index contributed by atoms with van der Waals surface area (Å²) in [6.45, 7) is 6.63. The predicted molar refractivity (Wildman–Crippen MR) is 99.5 cm³/mol. The van der Waals surface area contributed by atoms with Crippen LogP contribution < -0.4 is 15.2 Å². The summed E-state index contributed by atoms with van der Waals surface area (Å²) in [7, 11) is 0. The Balaban J connectivity index is 1.91. The van der Waals surface area contributed by atoms with E-state index in [9.17, 15) is 9.59 Å². The summed E-state index contributed by atoms with van der Waals surface area (Å²) in [6.07, 6.45) is 4.12. The number of carbonyl (C=O) groups is 2. The zero-order chi connectivity index (χ0) is 18.7. The molecule has 26 heavy (non-hydrogen) atoms. The van der Waals surface area contributed by atoms with Gasteiger partial charge in [0.1, 0.15) is 11.3 Å². The van der Waals surface area contributed by atoms with Gasteiger partial charge in [0, 0.05) is 6.20 Å². The molecule has 134 valence electrons. The molecule has 1 aromatic carbocycles. The highest BCUT2D eigenvalue weighted by Crippen LogP contribution is 2.27. The second kappa shape index (κ2) is 7.39. The van der Waals surface area contributed by atoms with E-state index in [1.54, 1.807) is 30.5 Å². The van der Waals surface area contributed by atoms with Crippen molar-refractivity contribution in [3.8, 4) is 5.75 Å². The Hall–Kier alpha value is -3.15. The number of pyridine rings is 1. The number of aromatic nitrogens is 1. The molecule has 1 saturated heterocycles. The van der Waals surface area contributed by atoms with Crippen LogP contribution in [-0.4, -0.2) is 23.4 Å². The van der Waals surface area contributed by atoms with Crippen molar-refractivity contribution in [2.75, 3.05) is 11.6 Å². The lowest BCUT2D eigenvalue weighted by Gasteiger charge is -2.13. The number of ether oxygens (including phenoxy) is 1. The fourth-order valence-corrected chi connectivity index (χ4v) is 2.70. The summed E-state index contributed by atoms with van der Waals surface area (Å²) in [5.41, 5.74) is 5.42. The number of anilines is 1. The van der Waals surface area contributed by atoms with E-state index in [-0.39, 0.29) is 5.57 Å². The fraction of sp³-hybridized carbons (Fsp3) is 0.250. The molecule has 1 aliphatic heterocycles. The van der Waals surface area contributed by atoms with Gasteiger partial charge in [0.05, 0.1) is 6.61 Å². The number of rotatable bonds is 5. The smallest absolute Gasteiger partial charge is 0.284 e. The molecule has 1 aliphatic rings. The van der Waals surface area contributed by atoms with Gasteiger partial charge >= 0.3 is 0 Å². The van der Waals surface area contributed by atoms with E-state index in [0.29, 0.717) is 12.4 Å². The van der Waals surface area contributed by atoms with E-state index in [2.05, 4.69) is 17.3 Å². The van der Waals surface area contributed by atoms with E-state index in [0.717, 1.165) is 33.9 Å². The Labute approximate surface area is 152 Å². The molecule has 0 unspecified atom stereocenters. The molecule has 1 N–H and O–H groups in total. The van der Waals surface area contributed by atoms with Crippen LogP contribution in [0.25, 0.3) is 6.08 Å². The van der Waals surface area contributed by atoms with E-state index in [4.69, 9.17) is 4.74 Å². The standard InChI is InChI=1S/C20H21N3O3/c1-4-11-26-17-9-8-15(13(2)14(17)3)12-16-19(24)22-23(20(16)25)18-7-5-6-10-21-18/h5-10,12H,4,11H2,1-3H3,(H,22,24)/b16-12-. The van der Waals surface area contributed by atoms with Crippen LogP contribution in [0.4, 0.5) is 5.82 Å². The minimum Gasteiger partial charge on any atom is -0.493 e. The molecule has 0 aliphatic carbocycles. The van der Waals surface area contributed by atoms with Gasteiger partial charge in [-0.3, -0.25) is 15.0 Å². The Morgan fingerprint density at radius 2 is 1.96 bits per heavy atom. The molecule has 0 bridgehead atoms. The van der Waals surface area contributed by atoms with Gasteiger partial charge in [-0.15, -0.1) is 0 Å². The Morgan fingerprint density at radius 3 is 2.65 bits per heavy atom. The molecule has 2 aromatic rings. The summed E-state index contributed by atoms with van der Waals surface area (Å²) < 4.78 is 5.73. The number of carbonyl (C=O) groups excluding carboxylic acids is 2. The Kier molecular flexibility index (Phi) is 5.02. The van der Waals surface area contributed by atoms with Crippen molar-refractivity contribution in [2.45, 2.75) is 27.2 Å². The monoisotopic (exact) mass is 351 g/mol. The van der Waals surface area contributed by atoms with Crippen molar-refractivity contribution in [3.05, 3.63) is 58.8 Å². The van der Waals surface area contributed by atoms with Gasteiger partial charge in [-0.2, -0.15) is 5.01 Å². The van der Waals surface area contributed by atoms with Gasteiger partial charge in [-0.05, 0) is 61.2 Å². The van der Waals surface area contributed by atoms with E-state index >= 15 is 0 Å². The minimum atomic E-state index is -0.441. The second-order valence-electron chi connectivity index (χ2n) is 6.08. The zero-order valence-corrected chi connectivity index (χ0v) is 15.1. The number of hydrogen-bond acceptors (Lipinski definition) is 4. The molecule has 2 heterocycles. The summed E-state index contributed by atoms with van der Waals surface area (Å²) in [6, 6.07) is 8.90. The number of hydrazine groups is 1. The van der Waals surface area contributed by atoms with Crippen molar-refractivity contribution in [2.24, 2.45) is 0 Å². The second-order valence-corrected chi connectivity index (χ2v) is 6.08. The molecular weight excluding hydrogens is 330 g/mol. The lowest BCUT2D eigenvalue weighted by atomic mass is 10.00. The Morgan fingerprint density at radius 1 is 1.15 bits per heavy atom. The van der Waals surface area contributed by atoms with Crippen LogP contribution in [0.2, 0.25) is 0 Å². The lowest BCUT2D eigenvalue weighted by Crippen LogP contribution is -2.36. The molecular formula is C20H21N3O3. The molecule has 0 spiro atoms. The average molecular weight is 351 g/mol. The molecule has 6 nitrogen and oxygen atoms in total. The van der Waals surface area contributed by atoms with Crippen LogP contribution in [0.15, 0.2) is 42.1 Å². The van der Waals surface area contributed by atoms with Gasteiger partial charge < -0.3 is 4.74 Å². The fourth-order valence-electron chi connectivity index (χ4n) is 2.70. The number of nitrogens with zero attached hydrogens (tertiary/aromatic N) is 2. The first-order valence-electron chi connectivity index (χ1n) is 8.54. The van der Waals surface area contributed by atoms with E-state index < -0.39 is 11.8 Å². The van der Waals surface area contributed by atoms with Crippen LogP contribution in [0.1, 0.15) is 30.0 Å². The average Bonchev–Trinajstić information content (AvgIpc) is 2.93. The highest BCUT2D eigenvalue weighted by atomic mass is 16.5. The van der Waals surface area contributed by atoms with Gasteiger partial charge in [-0.25, -0.2) is 4.98 Å². The third-order valence-electron chi connectivity index (χ3n) is 4.31. The molecule has 0 atom stereocenters. The highest BCUT2D eigenvalue weighted by molar-refractivity contribution is 6.31. The van der Waals surface area contributed by atoms with Crippen LogP contribution in [0, 0.1) is 13.8 Å². The quantitative estimate of drug-likeness (QED) is 0.664. The van der Waals surface area contributed by atoms with E-state index in [1.807, 2.05) is 26.0 Å². The topological polar surface area (TPSA) is 71.5 Å². The summed E-state index contributed by atoms with van der Waals surface area (Å²) in [5.74, 6) is 0.343. The third-order valence-corrected chi connectivity index (χ3v) is 4.31. The largest absolute Gasteiger partial charge is 0.493 e. The first kappa shape index (κ1) is 17.7. The van der Waals surface area contributed by atoms with Gasteiger partial charge in [0.2, 0.25) is 0 Å². The molecule has 1 aromatic heterocycles. The number of nitrogens with one attached hydrogen (secondary N) is 1. The first-order valence-corrected chi connectivity index (χ1v) is 8.54. The van der Waals surface area contributed by atoms with Crippen LogP contribution in [0.5, 0.6) is 5.75 Å². The van der Waals surface area contributed by atoms with Gasteiger partial charge in [-0.1, -0.05) is 19.1 Å². The van der Waals surface area contributed by atoms with Crippen molar-refractivity contribution < 1.29 is 14.3 Å². The van der Waals surface area contributed by atoms with Crippen LogP contribution >= 0.6 is 0 Å². The number of amides is 2. The lowest BCUT2D eigenvalue weighted by molar-refractivity contribution is -0.117. The maximum absolute atomic E-state index is 12.6. The molecule has 1 fully saturated rings. The van der Waals surface area contributed by atoms with Crippen molar-refractivity contribution in [3.63, 3.8) is 0 Å². The van der Waals surface area contributed by atoms with Crippen LogP contribution in [0.3, 0.4) is 0 Å². The van der Waals surface area contributed by atoms with E-state index in [1.165, 1.54) is 0 Å². The van der Waals surface area contributed by atoms with Crippen molar-refractivity contribution in [1.29, 1.82) is 0 Å². The zero-order valence-electron chi connectivity index (χ0n) is 15.1. The number of benzene rings is 1. The highest BCUT2D eigenvalue weighted by Gasteiger charge is 2.35. The normalized spacial score (nSPS) is 15.5. The molecule has 3 rings (SSSR count). The first-order chi connectivity index (χ1) is 12.5.